The predicted octanol–water partition coefficient (Wildman–Crippen LogP) is 2.19. The molecule has 0 aliphatic heterocycles. The number of nitrogens with one attached hydrogen (secondary N) is 2. The fraction of sp³-hybridized carbons (Fsp3) is 0.385. The Hall–Kier alpha value is -1.55. The Bertz CT molecular complexity index is 455. The Morgan fingerprint density at radius 3 is 2.39 bits per heavy atom. The van der Waals surface area contributed by atoms with Crippen LogP contribution in [0.1, 0.15) is 19.8 Å². The first-order valence-electron chi connectivity index (χ1n) is 5.93. The van der Waals surface area contributed by atoms with E-state index in [4.69, 9.17) is 11.6 Å². The number of hydrogen-bond donors (Lipinski definition) is 2. The van der Waals surface area contributed by atoms with E-state index >= 15 is 0 Å². The molecule has 5 heteroatoms. The Morgan fingerprint density at radius 2 is 1.83 bits per heavy atom. The molecule has 0 heterocycles. The van der Waals surface area contributed by atoms with E-state index in [1.807, 2.05) is 6.92 Å². The number of hydrogen-bond acceptors (Lipinski definition) is 2. The highest BCUT2D eigenvalue weighted by Gasteiger charge is 2.30. The average Bonchev–Trinajstić information content (AvgIpc) is 3.16. The molecule has 96 valence electrons. The second-order valence-electron chi connectivity index (χ2n) is 4.56. The van der Waals surface area contributed by atoms with Crippen LogP contribution in [0.4, 0.5) is 5.69 Å². The third-order valence-corrected chi connectivity index (χ3v) is 3.25. The van der Waals surface area contributed by atoms with Crippen molar-refractivity contribution in [2.45, 2.75) is 25.8 Å². The van der Waals surface area contributed by atoms with Crippen LogP contribution in [0.5, 0.6) is 0 Å². The van der Waals surface area contributed by atoms with Crippen molar-refractivity contribution in [3.05, 3.63) is 29.3 Å². The molecule has 2 amide bonds. The molecular formula is C13H15ClN2O2. The number of carbonyl (C=O) groups is 2. The van der Waals surface area contributed by atoms with Crippen LogP contribution < -0.4 is 10.6 Å². The van der Waals surface area contributed by atoms with Crippen molar-refractivity contribution in [3.8, 4) is 0 Å². The number of anilines is 1. The lowest BCUT2D eigenvalue weighted by Crippen LogP contribution is -2.41. The molecular weight excluding hydrogens is 252 g/mol. The SMILES string of the molecule is C[C@H](NC(=O)C(=O)Nc1ccc(Cl)cc1)C1CC1. The first-order valence-corrected chi connectivity index (χ1v) is 6.31. The van der Waals surface area contributed by atoms with Gasteiger partial charge in [-0.15, -0.1) is 0 Å². The fourth-order valence-electron chi connectivity index (χ4n) is 1.71. The third kappa shape index (κ3) is 3.47. The molecule has 0 aromatic heterocycles. The molecule has 18 heavy (non-hydrogen) atoms. The van der Waals surface area contributed by atoms with Crippen molar-refractivity contribution in [1.82, 2.24) is 5.32 Å². The maximum Gasteiger partial charge on any atom is 0.313 e. The number of benzene rings is 1. The minimum absolute atomic E-state index is 0.0634. The first kappa shape index (κ1) is 12.9. The van der Waals surface area contributed by atoms with Crippen molar-refractivity contribution in [2.75, 3.05) is 5.32 Å². The molecule has 1 aromatic carbocycles. The molecule has 1 fully saturated rings. The van der Waals surface area contributed by atoms with Crippen LogP contribution in [0, 0.1) is 5.92 Å². The predicted molar refractivity (Wildman–Crippen MR) is 70.4 cm³/mol. The van der Waals surface area contributed by atoms with Crippen LogP contribution in [-0.2, 0) is 9.59 Å². The molecule has 0 saturated heterocycles. The molecule has 0 spiro atoms. The Kier molecular flexibility index (Phi) is 3.87. The van der Waals surface area contributed by atoms with E-state index in [2.05, 4.69) is 10.6 Å². The molecule has 1 saturated carbocycles. The monoisotopic (exact) mass is 266 g/mol. The van der Waals surface area contributed by atoms with Gasteiger partial charge in [-0.25, -0.2) is 0 Å². The molecule has 0 radical (unpaired) electrons. The van der Waals surface area contributed by atoms with E-state index in [0.29, 0.717) is 16.6 Å². The summed E-state index contributed by atoms with van der Waals surface area (Å²) in [6, 6.07) is 6.67. The summed E-state index contributed by atoms with van der Waals surface area (Å²) in [5.41, 5.74) is 0.554. The van der Waals surface area contributed by atoms with Gasteiger partial charge < -0.3 is 10.6 Å². The van der Waals surface area contributed by atoms with E-state index in [1.54, 1.807) is 24.3 Å². The maximum absolute atomic E-state index is 11.6. The van der Waals surface area contributed by atoms with Crippen LogP contribution in [0.2, 0.25) is 5.02 Å². The lowest BCUT2D eigenvalue weighted by Gasteiger charge is -2.12. The molecule has 0 unspecified atom stereocenters. The molecule has 1 atom stereocenters. The Morgan fingerprint density at radius 1 is 1.22 bits per heavy atom. The van der Waals surface area contributed by atoms with Gasteiger partial charge in [0.05, 0.1) is 0 Å². The van der Waals surface area contributed by atoms with E-state index in [-0.39, 0.29) is 6.04 Å². The van der Waals surface area contributed by atoms with Crippen LogP contribution in [-0.4, -0.2) is 17.9 Å². The van der Waals surface area contributed by atoms with E-state index < -0.39 is 11.8 Å². The Balaban J connectivity index is 1.86. The summed E-state index contributed by atoms with van der Waals surface area (Å²) >= 11 is 5.73. The highest BCUT2D eigenvalue weighted by Crippen LogP contribution is 2.32. The van der Waals surface area contributed by atoms with Gasteiger partial charge in [-0.05, 0) is 49.9 Å². The van der Waals surface area contributed by atoms with Crippen molar-refractivity contribution < 1.29 is 9.59 Å². The highest BCUT2D eigenvalue weighted by atomic mass is 35.5. The van der Waals surface area contributed by atoms with Gasteiger partial charge in [0.1, 0.15) is 0 Å². The maximum atomic E-state index is 11.6. The fourth-order valence-corrected chi connectivity index (χ4v) is 1.83. The van der Waals surface area contributed by atoms with Gasteiger partial charge >= 0.3 is 11.8 Å². The van der Waals surface area contributed by atoms with E-state index in [1.165, 1.54) is 0 Å². The zero-order valence-electron chi connectivity index (χ0n) is 10.1. The standard InChI is InChI=1S/C13H15ClN2O2/c1-8(9-2-3-9)15-12(17)13(18)16-11-6-4-10(14)5-7-11/h4-9H,2-3H2,1H3,(H,15,17)(H,16,18)/t8-/m0/s1. The van der Waals surface area contributed by atoms with Gasteiger partial charge in [0, 0.05) is 16.8 Å². The average molecular weight is 267 g/mol. The molecule has 2 N–H and O–H groups in total. The van der Waals surface area contributed by atoms with E-state index in [0.717, 1.165) is 12.8 Å². The Labute approximate surface area is 111 Å². The third-order valence-electron chi connectivity index (χ3n) is 3.00. The largest absolute Gasteiger partial charge is 0.345 e. The smallest absolute Gasteiger partial charge is 0.313 e. The normalized spacial score (nSPS) is 15.9. The molecule has 4 nitrogen and oxygen atoms in total. The summed E-state index contributed by atoms with van der Waals surface area (Å²) < 4.78 is 0. The van der Waals surface area contributed by atoms with Crippen molar-refractivity contribution in [3.63, 3.8) is 0 Å². The minimum atomic E-state index is -0.648. The zero-order chi connectivity index (χ0) is 13.1. The van der Waals surface area contributed by atoms with Gasteiger partial charge in [0.15, 0.2) is 0 Å². The van der Waals surface area contributed by atoms with Crippen LogP contribution >= 0.6 is 11.6 Å². The van der Waals surface area contributed by atoms with Crippen molar-refractivity contribution in [1.29, 1.82) is 0 Å². The molecule has 1 aromatic rings. The number of halogens is 1. The summed E-state index contributed by atoms with van der Waals surface area (Å²) in [6.45, 7) is 1.92. The molecule has 0 bridgehead atoms. The van der Waals surface area contributed by atoms with Crippen molar-refractivity contribution >= 4 is 29.1 Å². The van der Waals surface area contributed by atoms with Gasteiger partial charge in [0.25, 0.3) is 0 Å². The van der Waals surface area contributed by atoms with Gasteiger partial charge in [-0.1, -0.05) is 11.6 Å². The van der Waals surface area contributed by atoms with E-state index in [9.17, 15) is 9.59 Å². The van der Waals surface area contributed by atoms with Crippen molar-refractivity contribution in [2.24, 2.45) is 5.92 Å². The number of rotatable bonds is 3. The van der Waals surface area contributed by atoms with Crippen LogP contribution in [0.25, 0.3) is 0 Å². The van der Waals surface area contributed by atoms with Gasteiger partial charge in [0.2, 0.25) is 0 Å². The lowest BCUT2D eigenvalue weighted by atomic mass is 10.2. The summed E-state index contributed by atoms with van der Waals surface area (Å²) in [5.74, 6) is -0.716. The number of carbonyl (C=O) groups excluding carboxylic acids is 2. The lowest BCUT2D eigenvalue weighted by molar-refractivity contribution is -0.136. The molecule has 1 aliphatic rings. The minimum Gasteiger partial charge on any atom is -0.345 e. The van der Waals surface area contributed by atoms with Crippen LogP contribution in [0.15, 0.2) is 24.3 Å². The highest BCUT2D eigenvalue weighted by molar-refractivity contribution is 6.39. The first-order chi connectivity index (χ1) is 8.56. The topological polar surface area (TPSA) is 58.2 Å². The summed E-state index contributed by atoms with van der Waals surface area (Å²) in [7, 11) is 0. The van der Waals surface area contributed by atoms with Crippen LogP contribution in [0.3, 0.4) is 0 Å². The summed E-state index contributed by atoms with van der Waals surface area (Å²) in [6.07, 6.45) is 2.25. The second-order valence-corrected chi connectivity index (χ2v) is 5.00. The summed E-state index contributed by atoms with van der Waals surface area (Å²) in [4.78, 5) is 23.2. The second kappa shape index (κ2) is 5.40. The summed E-state index contributed by atoms with van der Waals surface area (Å²) in [5, 5.41) is 5.80. The number of amides is 2. The molecule has 1 aliphatic carbocycles. The quantitative estimate of drug-likeness (QED) is 0.824. The van der Waals surface area contributed by atoms with Gasteiger partial charge in [-0.2, -0.15) is 0 Å². The zero-order valence-corrected chi connectivity index (χ0v) is 10.8. The van der Waals surface area contributed by atoms with Gasteiger partial charge in [-0.3, -0.25) is 9.59 Å². The molecule has 2 rings (SSSR count).